The second kappa shape index (κ2) is 4.70. The van der Waals surface area contributed by atoms with Gasteiger partial charge in [0.05, 0.1) is 6.04 Å². The van der Waals surface area contributed by atoms with E-state index in [1.54, 1.807) is 0 Å². The Morgan fingerprint density at radius 2 is 2.05 bits per heavy atom. The number of pyridine rings is 1. The van der Waals surface area contributed by atoms with Gasteiger partial charge in [0.1, 0.15) is 5.65 Å². The van der Waals surface area contributed by atoms with Gasteiger partial charge in [-0.15, -0.1) is 0 Å². The molecule has 0 aromatic carbocycles. The summed E-state index contributed by atoms with van der Waals surface area (Å²) in [5, 5.41) is 1.23. The molecule has 0 aliphatic carbocycles. The zero-order valence-corrected chi connectivity index (χ0v) is 15.1. The van der Waals surface area contributed by atoms with Gasteiger partial charge < -0.3 is 4.57 Å². The summed E-state index contributed by atoms with van der Waals surface area (Å²) in [6.45, 7) is 9.04. The van der Waals surface area contributed by atoms with E-state index in [0.717, 1.165) is 23.2 Å². The average molecular weight is 434 g/mol. The van der Waals surface area contributed by atoms with Crippen molar-refractivity contribution in [3.8, 4) is 0 Å². The second-order valence-corrected chi connectivity index (χ2v) is 8.12. The number of rotatable bonds is 1. The number of fused-ring (bicyclic) bond motifs is 1. The van der Waals surface area contributed by atoms with Crippen molar-refractivity contribution in [3.05, 3.63) is 26.5 Å². The monoisotopic (exact) mass is 433 g/mol. The van der Waals surface area contributed by atoms with Crippen LogP contribution in [0.25, 0.3) is 11.0 Å². The maximum absolute atomic E-state index is 4.56. The lowest BCUT2D eigenvalue weighted by Crippen LogP contribution is -2.56. The SMILES string of the molecule is CC(C)(C)N1CC(n2cc(I)c3c(Br)ccnc32)C1. The molecule has 0 amide bonds. The second-order valence-electron chi connectivity index (χ2n) is 6.11. The average Bonchev–Trinajstić information content (AvgIpc) is 2.53. The largest absolute Gasteiger partial charge is 0.326 e. The highest BCUT2D eigenvalue weighted by atomic mass is 127. The van der Waals surface area contributed by atoms with Crippen LogP contribution in [0.15, 0.2) is 22.9 Å². The lowest BCUT2D eigenvalue weighted by atomic mass is 9.97. The summed E-state index contributed by atoms with van der Waals surface area (Å²) in [5.41, 5.74) is 1.36. The van der Waals surface area contributed by atoms with Gasteiger partial charge in [0.2, 0.25) is 0 Å². The highest BCUT2D eigenvalue weighted by molar-refractivity contribution is 14.1. The Hall–Kier alpha value is -0.140. The summed E-state index contributed by atoms with van der Waals surface area (Å²) in [5.74, 6) is 0. The van der Waals surface area contributed by atoms with Crippen LogP contribution in [0.4, 0.5) is 0 Å². The third kappa shape index (κ3) is 2.34. The molecule has 2 aromatic rings. The highest BCUT2D eigenvalue weighted by Gasteiger charge is 2.36. The molecule has 1 saturated heterocycles. The normalized spacial score (nSPS) is 17.9. The van der Waals surface area contributed by atoms with Crippen LogP contribution in [0.1, 0.15) is 26.8 Å². The van der Waals surface area contributed by atoms with Crippen LogP contribution in [0, 0.1) is 3.57 Å². The van der Waals surface area contributed by atoms with Crippen molar-refractivity contribution in [2.24, 2.45) is 0 Å². The minimum atomic E-state index is 0.265. The van der Waals surface area contributed by atoms with E-state index in [4.69, 9.17) is 0 Å². The molecule has 0 atom stereocenters. The summed E-state index contributed by atoms with van der Waals surface area (Å²) >= 11 is 6.02. The third-order valence-corrected chi connectivity index (χ3v) is 5.30. The maximum atomic E-state index is 4.56. The van der Waals surface area contributed by atoms with Crippen molar-refractivity contribution >= 4 is 49.6 Å². The number of halogens is 2. The molecule has 0 bridgehead atoms. The zero-order valence-electron chi connectivity index (χ0n) is 11.3. The fourth-order valence-electron chi connectivity index (χ4n) is 2.55. The van der Waals surface area contributed by atoms with Gasteiger partial charge in [0, 0.05) is 44.5 Å². The van der Waals surface area contributed by atoms with Gasteiger partial charge in [0.25, 0.3) is 0 Å². The van der Waals surface area contributed by atoms with Crippen LogP contribution in [-0.4, -0.2) is 33.1 Å². The zero-order chi connectivity index (χ0) is 13.8. The van der Waals surface area contributed by atoms with Crippen molar-refractivity contribution in [1.29, 1.82) is 0 Å². The van der Waals surface area contributed by atoms with E-state index < -0.39 is 0 Å². The van der Waals surface area contributed by atoms with Gasteiger partial charge >= 0.3 is 0 Å². The Kier molecular flexibility index (Phi) is 3.42. The smallest absolute Gasteiger partial charge is 0.142 e. The molecule has 3 heterocycles. The molecule has 1 aliphatic heterocycles. The summed E-state index contributed by atoms with van der Waals surface area (Å²) in [4.78, 5) is 7.07. The van der Waals surface area contributed by atoms with Gasteiger partial charge in [-0.05, 0) is 65.4 Å². The van der Waals surface area contributed by atoms with Gasteiger partial charge in [-0.25, -0.2) is 4.98 Å². The van der Waals surface area contributed by atoms with Crippen LogP contribution >= 0.6 is 38.5 Å². The van der Waals surface area contributed by atoms with Gasteiger partial charge in [-0.2, -0.15) is 0 Å². The van der Waals surface area contributed by atoms with E-state index in [1.807, 2.05) is 12.3 Å². The summed E-state index contributed by atoms with van der Waals surface area (Å²) < 4.78 is 4.74. The van der Waals surface area contributed by atoms with E-state index in [0.29, 0.717) is 6.04 Å². The molecular formula is C14H17BrIN3. The molecule has 3 nitrogen and oxygen atoms in total. The fourth-order valence-corrected chi connectivity index (χ4v) is 4.26. The molecular weight excluding hydrogens is 417 g/mol. The number of hydrogen-bond acceptors (Lipinski definition) is 2. The van der Waals surface area contributed by atoms with Crippen molar-refractivity contribution in [1.82, 2.24) is 14.5 Å². The van der Waals surface area contributed by atoms with Crippen LogP contribution < -0.4 is 0 Å². The molecule has 102 valence electrons. The molecule has 0 N–H and O–H groups in total. The molecule has 0 radical (unpaired) electrons. The molecule has 0 unspecified atom stereocenters. The van der Waals surface area contributed by atoms with Crippen LogP contribution in [0.3, 0.4) is 0 Å². The Morgan fingerprint density at radius 1 is 1.37 bits per heavy atom. The first-order chi connectivity index (χ1) is 8.88. The van der Waals surface area contributed by atoms with Crippen molar-refractivity contribution < 1.29 is 0 Å². The number of hydrogen-bond donors (Lipinski definition) is 0. The van der Waals surface area contributed by atoms with Crippen LogP contribution in [0.2, 0.25) is 0 Å². The summed E-state index contributed by atoms with van der Waals surface area (Å²) in [6, 6.07) is 2.56. The number of aromatic nitrogens is 2. The molecule has 0 spiro atoms. The third-order valence-electron chi connectivity index (χ3n) is 3.82. The lowest BCUT2D eigenvalue weighted by molar-refractivity contribution is 0.0219. The topological polar surface area (TPSA) is 21.1 Å². The summed E-state index contributed by atoms with van der Waals surface area (Å²) in [6.07, 6.45) is 4.10. The predicted molar refractivity (Wildman–Crippen MR) is 90.5 cm³/mol. The first-order valence-electron chi connectivity index (χ1n) is 6.43. The quantitative estimate of drug-likeness (QED) is 0.632. The first kappa shape index (κ1) is 13.8. The highest BCUT2D eigenvalue weighted by Crippen LogP contribution is 2.35. The first-order valence-corrected chi connectivity index (χ1v) is 8.30. The van der Waals surface area contributed by atoms with Crippen molar-refractivity contribution in [2.75, 3.05) is 13.1 Å². The molecule has 1 aliphatic rings. The van der Waals surface area contributed by atoms with Gasteiger partial charge in [-0.3, -0.25) is 4.90 Å². The molecule has 0 saturated carbocycles. The van der Waals surface area contributed by atoms with E-state index in [9.17, 15) is 0 Å². The molecule has 3 rings (SSSR count). The minimum absolute atomic E-state index is 0.265. The lowest BCUT2D eigenvalue weighted by Gasteiger charge is -2.48. The van der Waals surface area contributed by atoms with Crippen molar-refractivity contribution in [2.45, 2.75) is 32.4 Å². The maximum Gasteiger partial charge on any atom is 0.142 e. The number of likely N-dealkylation sites (tertiary alicyclic amines) is 1. The predicted octanol–water partition coefficient (Wildman–Crippen LogP) is 4.06. The Bertz CT molecular complexity index is 623. The van der Waals surface area contributed by atoms with Crippen molar-refractivity contribution in [3.63, 3.8) is 0 Å². The number of nitrogens with zero attached hydrogens (tertiary/aromatic N) is 3. The standard InChI is InChI=1S/C14H17BrIN3/c1-14(2,3)18-6-9(7-18)19-8-11(16)12-10(15)4-5-17-13(12)19/h4-5,8-9H,6-7H2,1-3H3. The molecule has 5 heteroatoms. The van der Waals surface area contributed by atoms with E-state index >= 15 is 0 Å². The molecule has 2 aromatic heterocycles. The van der Waals surface area contributed by atoms with E-state index in [-0.39, 0.29) is 5.54 Å². The van der Waals surface area contributed by atoms with Gasteiger partial charge in [0.15, 0.2) is 0 Å². The summed E-state index contributed by atoms with van der Waals surface area (Å²) in [7, 11) is 0. The Morgan fingerprint density at radius 3 is 2.68 bits per heavy atom. The fraction of sp³-hybridized carbons (Fsp3) is 0.500. The van der Waals surface area contributed by atoms with Crippen LogP contribution in [-0.2, 0) is 0 Å². The Labute approximate surface area is 135 Å². The molecule has 1 fully saturated rings. The van der Waals surface area contributed by atoms with Gasteiger partial charge in [-0.1, -0.05) is 0 Å². The van der Waals surface area contributed by atoms with E-state index in [1.165, 1.54) is 8.96 Å². The minimum Gasteiger partial charge on any atom is -0.326 e. The van der Waals surface area contributed by atoms with Crippen LogP contribution in [0.5, 0.6) is 0 Å². The Balaban J connectivity index is 1.94. The molecule has 19 heavy (non-hydrogen) atoms. The van der Waals surface area contributed by atoms with E-state index in [2.05, 4.69) is 79.9 Å².